The van der Waals surface area contributed by atoms with Gasteiger partial charge < -0.3 is 20.3 Å². The Labute approximate surface area is 156 Å². The SMILES string of the molecule is COC1=CC(OC)C(CN(CC(O)CN)C2Cc3ccccc3C2)C=C1. The van der Waals surface area contributed by atoms with Crippen molar-refractivity contribution in [1.29, 1.82) is 0 Å². The van der Waals surface area contributed by atoms with Crippen LogP contribution in [-0.2, 0) is 22.3 Å². The van der Waals surface area contributed by atoms with E-state index in [4.69, 9.17) is 15.2 Å². The fraction of sp³-hybridized carbons (Fsp3) is 0.524. The maximum atomic E-state index is 10.2. The minimum Gasteiger partial charge on any atom is -0.497 e. The van der Waals surface area contributed by atoms with Crippen molar-refractivity contribution < 1.29 is 14.6 Å². The summed E-state index contributed by atoms with van der Waals surface area (Å²) >= 11 is 0. The van der Waals surface area contributed by atoms with E-state index < -0.39 is 6.10 Å². The van der Waals surface area contributed by atoms with Gasteiger partial charge in [0.15, 0.2) is 0 Å². The van der Waals surface area contributed by atoms with Crippen LogP contribution in [0.5, 0.6) is 0 Å². The number of aliphatic hydroxyl groups is 1. The molecule has 26 heavy (non-hydrogen) atoms. The molecule has 3 N–H and O–H groups in total. The lowest BCUT2D eigenvalue weighted by Gasteiger charge is -2.35. The number of aliphatic hydroxyl groups excluding tert-OH is 1. The molecule has 3 atom stereocenters. The number of hydrogen-bond acceptors (Lipinski definition) is 5. The van der Waals surface area contributed by atoms with Crippen molar-refractivity contribution in [3.63, 3.8) is 0 Å². The second-order valence-corrected chi connectivity index (χ2v) is 7.17. The lowest BCUT2D eigenvalue weighted by atomic mass is 9.95. The van der Waals surface area contributed by atoms with Gasteiger partial charge in [0.25, 0.3) is 0 Å². The smallest absolute Gasteiger partial charge is 0.117 e. The van der Waals surface area contributed by atoms with Gasteiger partial charge in [0.1, 0.15) is 5.76 Å². The Kier molecular flexibility index (Phi) is 6.48. The molecule has 0 aromatic heterocycles. The number of fused-ring (bicyclic) bond motifs is 1. The Morgan fingerprint density at radius 3 is 2.50 bits per heavy atom. The van der Waals surface area contributed by atoms with Crippen molar-refractivity contribution in [1.82, 2.24) is 4.90 Å². The van der Waals surface area contributed by atoms with Gasteiger partial charge >= 0.3 is 0 Å². The summed E-state index contributed by atoms with van der Waals surface area (Å²) in [5.74, 6) is 1.04. The summed E-state index contributed by atoms with van der Waals surface area (Å²) in [6.45, 7) is 1.67. The molecule has 0 spiro atoms. The molecule has 3 rings (SSSR count). The van der Waals surface area contributed by atoms with Crippen LogP contribution >= 0.6 is 0 Å². The fourth-order valence-electron chi connectivity index (χ4n) is 4.00. The number of nitrogens with zero attached hydrogens (tertiary/aromatic N) is 1. The number of rotatable bonds is 8. The molecule has 142 valence electrons. The van der Waals surface area contributed by atoms with Crippen LogP contribution in [0, 0.1) is 5.92 Å². The van der Waals surface area contributed by atoms with Crippen LogP contribution in [-0.4, -0.2) is 62.1 Å². The minimum atomic E-state index is -0.516. The number of nitrogens with two attached hydrogens (primary N) is 1. The van der Waals surface area contributed by atoms with Gasteiger partial charge in [-0.2, -0.15) is 0 Å². The van der Waals surface area contributed by atoms with Gasteiger partial charge in [-0.1, -0.05) is 30.3 Å². The predicted molar refractivity (Wildman–Crippen MR) is 103 cm³/mol. The lowest BCUT2D eigenvalue weighted by Crippen LogP contribution is -2.47. The van der Waals surface area contributed by atoms with Gasteiger partial charge in [-0.05, 0) is 36.1 Å². The first-order valence-electron chi connectivity index (χ1n) is 9.30. The van der Waals surface area contributed by atoms with Gasteiger partial charge in [-0.15, -0.1) is 0 Å². The molecule has 0 radical (unpaired) electrons. The van der Waals surface area contributed by atoms with Crippen molar-refractivity contribution in [3.05, 3.63) is 59.4 Å². The second kappa shape index (κ2) is 8.82. The number of methoxy groups -OCH3 is 2. The zero-order valence-electron chi connectivity index (χ0n) is 15.7. The highest BCUT2D eigenvalue weighted by Gasteiger charge is 2.31. The molecule has 2 aliphatic rings. The number of allylic oxidation sites excluding steroid dienone is 1. The molecular weight excluding hydrogens is 328 g/mol. The van der Waals surface area contributed by atoms with Gasteiger partial charge in [-0.3, -0.25) is 4.90 Å². The molecule has 3 unspecified atom stereocenters. The standard InChI is InChI=1S/C21H30N2O3/c1-25-20-8-7-17(21(11-20)26-2)13-23(14-19(24)12-22)18-9-15-5-3-4-6-16(15)10-18/h3-8,11,17-19,21,24H,9-10,12-14,22H2,1-2H3. The van der Waals surface area contributed by atoms with E-state index in [-0.39, 0.29) is 18.6 Å². The van der Waals surface area contributed by atoms with Crippen LogP contribution in [0.15, 0.2) is 48.3 Å². The van der Waals surface area contributed by atoms with E-state index in [1.807, 2.05) is 12.2 Å². The number of benzene rings is 1. The highest BCUT2D eigenvalue weighted by molar-refractivity contribution is 5.33. The van der Waals surface area contributed by atoms with Crippen molar-refractivity contribution in [2.75, 3.05) is 33.9 Å². The zero-order valence-corrected chi connectivity index (χ0v) is 15.7. The quantitative estimate of drug-likeness (QED) is 0.737. The molecule has 5 heteroatoms. The third-order valence-corrected chi connectivity index (χ3v) is 5.47. The van der Waals surface area contributed by atoms with E-state index in [9.17, 15) is 5.11 Å². The summed E-state index contributed by atoms with van der Waals surface area (Å²) in [4.78, 5) is 2.38. The molecule has 0 heterocycles. The van der Waals surface area contributed by atoms with Gasteiger partial charge in [0, 0.05) is 38.7 Å². The Morgan fingerprint density at radius 1 is 1.23 bits per heavy atom. The molecule has 5 nitrogen and oxygen atoms in total. The van der Waals surface area contributed by atoms with E-state index >= 15 is 0 Å². The Hall–Kier alpha value is -1.66. The van der Waals surface area contributed by atoms with E-state index in [0.29, 0.717) is 12.6 Å². The predicted octanol–water partition coefficient (Wildman–Crippen LogP) is 1.51. The maximum Gasteiger partial charge on any atom is 0.117 e. The molecular formula is C21H30N2O3. The molecule has 0 amide bonds. The first-order valence-corrected chi connectivity index (χ1v) is 9.30. The maximum absolute atomic E-state index is 10.2. The van der Waals surface area contributed by atoms with Crippen LogP contribution < -0.4 is 5.73 Å². The summed E-state index contributed by atoms with van der Waals surface area (Å²) in [5, 5.41) is 10.2. The highest BCUT2D eigenvalue weighted by Crippen LogP contribution is 2.28. The molecule has 0 saturated carbocycles. The van der Waals surface area contributed by atoms with Crippen molar-refractivity contribution in [2.45, 2.75) is 31.1 Å². The topological polar surface area (TPSA) is 68.0 Å². The van der Waals surface area contributed by atoms with Crippen LogP contribution in [0.3, 0.4) is 0 Å². The first-order chi connectivity index (χ1) is 12.6. The molecule has 1 aromatic carbocycles. The molecule has 0 bridgehead atoms. The summed E-state index contributed by atoms with van der Waals surface area (Å²) in [7, 11) is 3.40. The van der Waals surface area contributed by atoms with Crippen molar-refractivity contribution in [3.8, 4) is 0 Å². The summed E-state index contributed by atoms with van der Waals surface area (Å²) in [6.07, 6.45) is 7.65. The van der Waals surface area contributed by atoms with Crippen LogP contribution in [0.2, 0.25) is 0 Å². The number of ether oxygens (including phenoxy) is 2. The third kappa shape index (κ3) is 4.35. The normalized spacial score (nSPS) is 23.8. The van der Waals surface area contributed by atoms with Gasteiger partial charge in [0.05, 0.1) is 19.3 Å². The molecule has 0 aliphatic heterocycles. The Balaban J connectivity index is 1.73. The molecule has 0 fully saturated rings. The molecule has 2 aliphatic carbocycles. The zero-order chi connectivity index (χ0) is 18.5. The lowest BCUT2D eigenvalue weighted by molar-refractivity contribution is 0.0488. The minimum absolute atomic E-state index is 0.0313. The summed E-state index contributed by atoms with van der Waals surface area (Å²) in [5.41, 5.74) is 8.51. The fourth-order valence-corrected chi connectivity index (χ4v) is 4.00. The molecule has 0 saturated heterocycles. The third-order valence-electron chi connectivity index (χ3n) is 5.47. The summed E-state index contributed by atoms with van der Waals surface area (Å²) < 4.78 is 11.0. The van der Waals surface area contributed by atoms with Crippen LogP contribution in [0.4, 0.5) is 0 Å². The van der Waals surface area contributed by atoms with Crippen molar-refractivity contribution >= 4 is 0 Å². The van der Waals surface area contributed by atoms with E-state index in [1.54, 1.807) is 14.2 Å². The second-order valence-electron chi connectivity index (χ2n) is 7.17. The highest BCUT2D eigenvalue weighted by atomic mass is 16.5. The largest absolute Gasteiger partial charge is 0.497 e. The first kappa shape index (κ1) is 19.1. The van der Waals surface area contributed by atoms with E-state index in [0.717, 1.165) is 25.1 Å². The van der Waals surface area contributed by atoms with Crippen LogP contribution in [0.1, 0.15) is 11.1 Å². The average Bonchev–Trinajstić information content (AvgIpc) is 3.11. The van der Waals surface area contributed by atoms with Crippen LogP contribution in [0.25, 0.3) is 0 Å². The average molecular weight is 358 g/mol. The van der Waals surface area contributed by atoms with Gasteiger partial charge in [0.2, 0.25) is 0 Å². The Bertz CT molecular complexity index is 633. The van der Waals surface area contributed by atoms with Crippen molar-refractivity contribution in [2.24, 2.45) is 11.7 Å². The number of hydrogen-bond donors (Lipinski definition) is 2. The van der Waals surface area contributed by atoms with E-state index in [2.05, 4.69) is 35.2 Å². The monoisotopic (exact) mass is 358 g/mol. The Morgan fingerprint density at radius 2 is 1.92 bits per heavy atom. The molecule has 1 aromatic rings. The summed E-state index contributed by atoms with van der Waals surface area (Å²) in [6, 6.07) is 9.00. The van der Waals surface area contributed by atoms with E-state index in [1.165, 1.54) is 11.1 Å². The van der Waals surface area contributed by atoms with Gasteiger partial charge in [-0.25, -0.2) is 0 Å².